The molecule has 0 radical (unpaired) electrons. The molecule has 1 aliphatic rings. The molecule has 0 saturated carbocycles. The van der Waals surface area contributed by atoms with Crippen LogP contribution in [0, 0.1) is 5.41 Å². The van der Waals surface area contributed by atoms with Crippen molar-refractivity contribution in [3.8, 4) is 5.75 Å². The molecule has 1 saturated heterocycles. The van der Waals surface area contributed by atoms with Crippen LogP contribution in [0.4, 0.5) is 0 Å². The van der Waals surface area contributed by atoms with Gasteiger partial charge in [-0.1, -0.05) is 13.8 Å². The molecule has 2 aromatic rings. The zero-order chi connectivity index (χ0) is 17.5. The number of aromatic nitrogens is 2. The second-order valence-electron chi connectivity index (χ2n) is 6.58. The predicted molar refractivity (Wildman–Crippen MR) is 86.5 cm³/mol. The molecule has 1 aromatic heterocycles. The van der Waals surface area contributed by atoms with Crippen LogP contribution < -0.4 is 4.74 Å². The van der Waals surface area contributed by atoms with E-state index >= 15 is 0 Å². The lowest BCUT2D eigenvalue weighted by Crippen LogP contribution is -2.41. The number of carbonyl (C=O) groups is 1. The maximum absolute atomic E-state index is 11.9. The molecule has 130 valence electrons. The van der Waals surface area contributed by atoms with Gasteiger partial charge in [-0.15, -0.1) is 0 Å². The first-order valence-corrected chi connectivity index (χ1v) is 7.80. The van der Waals surface area contributed by atoms with Crippen LogP contribution in [0.25, 0.3) is 11.0 Å². The molecule has 0 amide bonds. The van der Waals surface area contributed by atoms with Gasteiger partial charge in [0.25, 0.3) is 0 Å². The van der Waals surface area contributed by atoms with Crippen LogP contribution in [0.2, 0.25) is 0 Å². The lowest BCUT2D eigenvalue weighted by atomic mass is 9.82. The molecule has 1 atom stereocenters. The number of ether oxygens (including phenoxy) is 3. The molecule has 7 heteroatoms. The second kappa shape index (κ2) is 5.75. The topological polar surface area (TPSA) is 82.8 Å². The Morgan fingerprint density at radius 3 is 2.75 bits per heavy atom. The number of benzene rings is 1. The molecule has 1 N–H and O–H groups in total. The summed E-state index contributed by atoms with van der Waals surface area (Å²) in [5, 5.41) is 11.2. The van der Waals surface area contributed by atoms with E-state index in [1.165, 1.54) is 7.11 Å². The Bertz CT molecular complexity index is 783. The minimum absolute atomic E-state index is 0.0722. The number of fused-ring (bicyclic) bond motifs is 1. The average molecular weight is 334 g/mol. The zero-order valence-corrected chi connectivity index (χ0v) is 14.3. The van der Waals surface area contributed by atoms with Crippen molar-refractivity contribution < 1.29 is 24.1 Å². The molecule has 1 fully saturated rings. The van der Waals surface area contributed by atoms with Crippen LogP contribution >= 0.6 is 0 Å². The maximum Gasteiger partial charge on any atom is 0.325 e. The van der Waals surface area contributed by atoms with Crippen LogP contribution in [0.3, 0.4) is 0 Å². The van der Waals surface area contributed by atoms with Crippen molar-refractivity contribution in [2.45, 2.75) is 32.6 Å². The first-order chi connectivity index (χ1) is 11.3. The van der Waals surface area contributed by atoms with Crippen LogP contribution in [0.5, 0.6) is 5.75 Å². The normalized spacial score (nSPS) is 22.7. The van der Waals surface area contributed by atoms with Gasteiger partial charge in [0.1, 0.15) is 12.3 Å². The van der Waals surface area contributed by atoms with Gasteiger partial charge in [0.2, 0.25) is 5.79 Å². The molecule has 1 unspecified atom stereocenters. The Labute approximate surface area is 140 Å². The summed E-state index contributed by atoms with van der Waals surface area (Å²) in [6.07, 6.45) is 0.689. The average Bonchev–Trinajstić information content (AvgIpc) is 3.05. The standard InChI is InChI=1S/C17H22N2O5/c1-16(2)7-8-24-17(16,21)15-18-12-6-5-11(22-3)9-13(12)19(15)10-14(20)23-4/h5-6,9,21H,7-8,10H2,1-4H3. The van der Waals surface area contributed by atoms with Crippen LogP contribution in [-0.2, 0) is 26.6 Å². The Kier molecular flexibility index (Phi) is 4.01. The SMILES string of the molecule is COC(=O)Cn1c(C2(O)OCCC2(C)C)nc2ccc(OC)cc21. The summed E-state index contributed by atoms with van der Waals surface area (Å²) in [7, 11) is 2.90. The van der Waals surface area contributed by atoms with E-state index in [9.17, 15) is 9.90 Å². The highest BCUT2D eigenvalue weighted by molar-refractivity contribution is 5.80. The molecule has 2 heterocycles. The Morgan fingerprint density at radius 2 is 2.17 bits per heavy atom. The Morgan fingerprint density at radius 1 is 1.42 bits per heavy atom. The minimum atomic E-state index is -1.58. The molecule has 24 heavy (non-hydrogen) atoms. The van der Waals surface area contributed by atoms with Gasteiger partial charge in [-0.25, -0.2) is 4.98 Å². The number of rotatable bonds is 4. The highest BCUT2D eigenvalue weighted by atomic mass is 16.6. The first kappa shape index (κ1) is 16.7. The zero-order valence-electron chi connectivity index (χ0n) is 14.3. The van der Waals surface area contributed by atoms with Crippen molar-refractivity contribution in [1.29, 1.82) is 0 Å². The third-order valence-electron chi connectivity index (χ3n) is 4.73. The molecular weight excluding hydrogens is 312 g/mol. The minimum Gasteiger partial charge on any atom is -0.497 e. The van der Waals surface area contributed by atoms with E-state index in [-0.39, 0.29) is 6.54 Å². The fourth-order valence-electron chi connectivity index (χ4n) is 3.03. The molecular formula is C17H22N2O5. The van der Waals surface area contributed by atoms with Gasteiger partial charge in [-0.3, -0.25) is 4.79 Å². The summed E-state index contributed by atoms with van der Waals surface area (Å²) in [5.74, 6) is -1.07. The Balaban J connectivity index is 2.23. The van der Waals surface area contributed by atoms with Crippen molar-refractivity contribution >= 4 is 17.0 Å². The number of esters is 1. The monoisotopic (exact) mass is 334 g/mol. The maximum atomic E-state index is 11.9. The number of methoxy groups -OCH3 is 2. The fourth-order valence-corrected chi connectivity index (χ4v) is 3.03. The molecule has 1 aromatic carbocycles. The van der Waals surface area contributed by atoms with Crippen molar-refractivity contribution in [1.82, 2.24) is 9.55 Å². The lowest BCUT2D eigenvalue weighted by Gasteiger charge is -2.34. The highest BCUT2D eigenvalue weighted by Gasteiger charge is 2.54. The van der Waals surface area contributed by atoms with Crippen LogP contribution in [-0.4, -0.2) is 41.5 Å². The number of hydrogen-bond donors (Lipinski definition) is 1. The van der Waals surface area contributed by atoms with Crippen LogP contribution in [0.15, 0.2) is 18.2 Å². The number of hydrogen-bond acceptors (Lipinski definition) is 6. The molecule has 0 aliphatic carbocycles. The van der Waals surface area contributed by atoms with E-state index < -0.39 is 17.2 Å². The molecule has 0 spiro atoms. The summed E-state index contributed by atoms with van der Waals surface area (Å²) in [6, 6.07) is 5.35. The Hall–Kier alpha value is -2.12. The van der Waals surface area contributed by atoms with E-state index in [4.69, 9.17) is 14.2 Å². The van der Waals surface area contributed by atoms with Crippen molar-refractivity contribution in [3.05, 3.63) is 24.0 Å². The van der Waals surface area contributed by atoms with Gasteiger partial charge in [0.15, 0.2) is 5.82 Å². The van der Waals surface area contributed by atoms with E-state index in [1.54, 1.807) is 29.9 Å². The van der Waals surface area contributed by atoms with E-state index in [0.717, 1.165) is 0 Å². The van der Waals surface area contributed by atoms with Crippen molar-refractivity contribution in [2.75, 3.05) is 20.8 Å². The summed E-state index contributed by atoms with van der Waals surface area (Å²) >= 11 is 0. The summed E-state index contributed by atoms with van der Waals surface area (Å²) in [6.45, 7) is 4.19. The summed E-state index contributed by atoms with van der Waals surface area (Å²) in [4.78, 5) is 16.4. The number of aliphatic hydroxyl groups is 1. The quantitative estimate of drug-likeness (QED) is 0.859. The first-order valence-electron chi connectivity index (χ1n) is 7.80. The lowest BCUT2D eigenvalue weighted by molar-refractivity contribution is -0.235. The third kappa shape index (κ3) is 2.44. The van der Waals surface area contributed by atoms with Crippen molar-refractivity contribution in [2.24, 2.45) is 5.41 Å². The van der Waals surface area contributed by atoms with E-state index in [0.29, 0.717) is 35.6 Å². The van der Waals surface area contributed by atoms with Gasteiger partial charge < -0.3 is 23.9 Å². The number of imidazole rings is 1. The van der Waals surface area contributed by atoms with Gasteiger partial charge in [0.05, 0.1) is 31.9 Å². The molecule has 3 rings (SSSR count). The fraction of sp³-hybridized carbons (Fsp3) is 0.529. The van der Waals surface area contributed by atoms with E-state index in [2.05, 4.69) is 4.98 Å². The summed E-state index contributed by atoms with van der Waals surface area (Å²) < 4.78 is 17.4. The largest absolute Gasteiger partial charge is 0.497 e. The molecule has 7 nitrogen and oxygen atoms in total. The van der Waals surface area contributed by atoms with Gasteiger partial charge in [0, 0.05) is 11.5 Å². The van der Waals surface area contributed by atoms with Crippen LogP contribution in [0.1, 0.15) is 26.1 Å². The number of nitrogens with zero attached hydrogens (tertiary/aromatic N) is 2. The van der Waals surface area contributed by atoms with E-state index in [1.807, 2.05) is 13.8 Å². The third-order valence-corrected chi connectivity index (χ3v) is 4.73. The van der Waals surface area contributed by atoms with Gasteiger partial charge >= 0.3 is 5.97 Å². The predicted octanol–water partition coefficient (Wildman–Crippen LogP) is 1.81. The number of carbonyl (C=O) groups excluding carboxylic acids is 1. The van der Waals surface area contributed by atoms with Gasteiger partial charge in [-0.05, 0) is 18.6 Å². The summed E-state index contributed by atoms with van der Waals surface area (Å²) in [5.41, 5.74) is 0.788. The van der Waals surface area contributed by atoms with Gasteiger partial charge in [-0.2, -0.15) is 0 Å². The second-order valence-corrected chi connectivity index (χ2v) is 6.58. The highest BCUT2D eigenvalue weighted by Crippen LogP contribution is 2.48. The molecule has 0 bridgehead atoms. The van der Waals surface area contributed by atoms with Crippen molar-refractivity contribution in [3.63, 3.8) is 0 Å². The molecule has 1 aliphatic heterocycles. The smallest absolute Gasteiger partial charge is 0.325 e.